The van der Waals surface area contributed by atoms with Gasteiger partial charge in [-0.25, -0.2) is 4.79 Å². The Kier molecular flexibility index (Phi) is 5.75. The molecule has 136 valence electrons. The Balaban J connectivity index is 1.39. The highest BCUT2D eigenvalue weighted by Gasteiger charge is 2.27. The van der Waals surface area contributed by atoms with E-state index >= 15 is 0 Å². The fourth-order valence-electron chi connectivity index (χ4n) is 3.05. The van der Waals surface area contributed by atoms with Gasteiger partial charge >= 0.3 is 6.03 Å². The summed E-state index contributed by atoms with van der Waals surface area (Å²) in [5.74, 6) is 0.525. The van der Waals surface area contributed by atoms with E-state index in [-0.39, 0.29) is 18.5 Å². The molecule has 0 saturated carbocycles. The van der Waals surface area contributed by atoms with Crippen molar-refractivity contribution in [3.63, 3.8) is 0 Å². The molecule has 0 aliphatic carbocycles. The number of nitrogens with zero attached hydrogens (tertiary/aromatic N) is 3. The number of carbonyl (C=O) groups is 2. The van der Waals surface area contributed by atoms with Crippen LogP contribution in [0.15, 0.2) is 22.5 Å². The number of imide groups is 1. The number of hydrogen-bond donors (Lipinski definition) is 3. The summed E-state index contributed by atoms with van der Waals surface area (Å²) in [4.78, 5) is 30.9. The van der Waals surface area contributed by atoms with Crippen LogP contribution >= 0.6 is 11.3 Å². The quantitative estimate of drug-likeness (QED) is 0.401. The zero-order chi connectivity index (χ0) is 17.6. The van der Waals surface area contributed by atoms with Crippen molar-refractivity contribution in [3.05, 3.63) is 17.5 Å². The van der Waals surface area contributed by atoms with Crippen molar-refractivity contribution < 1.29 is 9.59 Å². The highest BCUT2D eigenvalue weighted by atomic mass is 32.1. The lowest BCUT2D eigenvalue weighted by atomic mass is 10.1. The predicted octanol–water partition coefficient (Wildman–Crippen LogP) is 0.434. The third-order valence-electron chi connectivity index (χ3n) is 4.44. The molecule has 2 fully saturated rings. The Morgan fingerprint density at radius 2 is 2.20 bits per heavy atom. The van der Waals surface area contributed by atoms with Crippen molar-refractivity contribution in [3.8, 4) is 0 Å². The van der Waals surface area contributed by atoms with E-state index in [1.807, 2.05) is 0 Å². The van der Waals surface area contributed by atoms with Crippen LogP contribution in [0.5, 0.6) is 0 Å². The van der Waals surface area contributed by atoms with Crippen LogP contribution in [0.25, 0.3) is 0 Å². The second-order valence-electron chi connectivity index (χ2n) is 6.06. The normalized spacial score (nSPS) is 19.3. The average Bonchev–Trinajstić information content (AvgIpc) is 3.27. The molecule has 0 bridgehead atoms. The summed E-state index contributed by atoms with van der Waals surface area (Å²) in [6.07, 6.45) is 2.09. The van der Waals surface area contributed by atoms with Crippen LogP contribution in [0.3, 0.4) is 0 Å². The van der Waals surface area contributed by atoms with Crippen molar-refractivity contribution in [1.82, 2.24) is 20.9 Å². The van der Waals surface area contributed by atoms with Crippen LogP contribution in [-0.4, -0.2) is 68.6 Å². The molecule has 2 aliphatic rings. The summed E-state index contributed by atoms with van der Waals surface area (Å²) < 4.78 is 0. The van der Waals surface area contributed by atoms with Gasteiger partial charge in [-0.3, -0.25) is 14.7 Å². The third-order valence-corrected chi connectivity index (χ3v) is 5.37. The number of thiophene rings is 1. The van der Waals surface area contributed by atoms with Gasteiger partial charge in [-0.15, -0.1) is 11.3 Å². The van der Waals surface area contributed by atoms with Gasteiger partial charge < -0.3 is 20.9 Å². The topological polar surface area (TPSA) is 89.1 Å². The first-order valence-electron chi connectivity index (χ1n) is 8.51. The van der Waals surface area contributed by atoms with E-state index in [0.717, 1.165) is 25.9 Å². The smallest absolute Gasteiger partial charge is 0.324 e. The van der Waals surface area contributed by atoms with E-state index in [0.29, 0.717) is 25.1 Å². The SMILES string of the molecule is CN=C(NCCN1C(=O)CNC1=O)NC1CCN(c2cccs2)CC1. The van der Waals surface area contributed by atoms with E-state index < -0.39 is 0 Å². The lowest BCUT2D eigenvalue weighted by molar-refractivity contribution is -0.124. The maximum atomic E-state index is 11.5. The minimum atomic E-state index is -0.323. The molecule has 0 unspecified atom stereocenters. The van der Waals surface area contributed by atoms with E-state index in [9.17, 15) is 9.59 Å². The highest BCUT2D eigenvalue weighted by Crippen LogP contribution is 2.24. The Morgan fingerprint density at radius 3 is 2.80 bits per heavy atom. The number of piperidine rings is 1. The zero-order valence-electron chi connectivity index (χ0n) is 14.3. The molecule has 2 aliphatic heterocycles. The summed E-state index contributed by atoms with van der Waals surface area (Å²) in [5.41, 5.74) is 0. The van der Waals surface area contributed by atoms with Gasteiger partial charge in [0.2, 0.25) is 5.91 Å². The summed E-state index contributed by atoms with van der Waals surface area (Å²) in [5, 5.41) is 12.6. The van der Waals surface area contributed by atoms with Gasteiger partial charge in [0, 0.05) is 39.3 Å². The number of urea groups is 1. The van der Waals surface area contributed by atoms with Crippen molar-refractivity contribution in [2.24, 2.45) is 4.99 Å². The number of amides is 3. The maximum absolute atomic E-state index is 11.5. The monoisotopic (exact) mass is 364 g/mol. The first kappa shape index (κ1) is 17.5. The summed E-state index contributed by atoms with van der Waals surface area (Å²) in [6, 6.07) is 4.30. The molecule has 8 nitrogen and oxygen atoms in total. The second-order valence-corrected chi connectivity index (χ2v) is 6.99. The molecular formula is C16H24N6O2S. The van der Waals surface area contributed by atoms with Crippen molar-refractivity contribution in [2.45, 2.75) is 18.9 Å². The summed E-state index contributed by atoms with van der Waals surface area (Å²) >= 11 is 1.78. The predicted molar refractivity (Wildman–Crippen MR) is 99.2 cm³/mol. The lowest BCUT2D eigenvalue weighted by Gasteiger charge is -2.33. The van der Waals surface area contributed by atoms with E-state index in [1.165, 1.54) is 9.90 Å². The Hall–Kier alpha value is -2.29. The first-order chi connectivity index (χ1) is 12.2. The number of carbonyl (C=O) groups excluding carboxylic acids is 2. The van der Waals surface area contributed by atoms with Gasteiger partial charge in [-0.2, -0.15) is 0 Å². The number of nitrogens with one attached hydrogen (secondary N) is 3. The van der Waals surface area contributed by atoms with Gasteiger partial charge in [-0.1, -0.05) is 0 Å². The largest absolute Gasteiger partial charge is 0.363 e. The number of hydrogen-bond acceptors (Lipinski definition) is 5. The molecule has 3 rings (SSSR count). The maximum Gasteiger partial charge on any atom is 0.324 e. The molecule has 0 atom stereocenters. The molecule has 3 heterocycles. The van der Waals surface area contributed by atoms with Crippen LogP contribution in [-0.2, 0) is 4.79 Å². The van der Waals surface area contributed by atoms with Gasteiger partial charge in [0.25, 0.3) is 0 Å². The fraction of sp³-hybridized carbons (Fsp3) is 0.562. The molecular weight excluding hydrogens is 340 g/mol. The molecule has 3 N–H and O–H groups in total. The summed E-state index contributed by atoms with van der Waals surface area (Å²) in [6.45, 7) is 2.96. The number of guanidine groups is 1. The Morgan fingerprint density at radius 1 is 1.40 bits per heavy atom. The molecule has 0 aromatic carbocycles. The molecule has 25 heavy (non-hydrogen) atoms. The van der Waals surface area contributed by atoms with Gasteiger partial charge in [0.05, 0.1) is 11.5 Å². The zero-order valence-corrected chi connectivity index (χ0v) is 15.1. The van der Waals surface area contributed by atoms with Gasteiger partial charge in [0.15, 0.2) is 5.96 Å². The van der Waals surface area contributed by atoms with Crippen LogP contribution in [0.1, 0.15) is 12.8 Å². The molecule has 0 spiro atoms. The van der Waals surface area contributed by atoms with Crippen LogP contribution in [0.4, 0.5) is 9.80 Å². The number of aliphatic imine (C=N–C) groups is 1. The molecule has 1 aromatic rings. The van der Waals surface area contributed by atoms with Gasteiger partial charge in [-0.05, 0) is 30.4 Å². The molecule has 9 heteroatoms. The van der Waals surface area contributed by atoms with Gasteiger partial charge in [0.1, 0.15) is 0 Å². The van der Waals surface area contributed by atoms with Crippen LogP contribution in [0.2, 0.25) is 0 Å². The van der Waals surface area contributed by atoms with Crippen LogP contribution < -0.4 is 20.9 Å². The minimum Gasteiger partial charge on any atom is -0.363 e. The van der Waals surface area contributed by atoms with Crippen molar-refractivity contribution in [2.75, 3.05) is 44.7 Å². The fourth-order valence-corrected chi connectivity index (χ4v) is 3.84. The molecule has 0 radical (unpaired) electrons. The third kappa shape index (κ3) is 4.41. The van der Waals surface area contributed by atoms with Crippen molar-refractivity contribution >= 4 is 34.2 Å². The Bertz CT molecular complexity index is 609. The second kappa shape index (κ2) is 8.19. The van der Waals surface area contributed by atoms with E-state index in [2.05, 4.69) is 43.4 Å². The van der Waals surface area contributed by atoms with E-state index in [1.54, 1.807) is 18.4 Å². The molecule has 2 saturated heterocycles. The Labute approximate surface area is 151 Å². The molecule has 3 amide bonds. The highest BCUT2D eigenvalue weighted by molar-refractivity contribution is 7.14. The van der Waals surface area contributed by atoms with E-state index in [4.69, 9.17) is 0 Å². The molecule has 1 aromatic heterocycles. The van der Waals surface area contributed by atoms with Crippen molar-refractivity contribution in [1.29, 1.82) is 0 Å². The standard InChI is InChI=1S/C16H24N6O2S/c1-17-15(18-6-9-22-13(23)11-19-16(22)24)20-12-4-7-21(8-5-12)14-3-2-10-25-14/h2-3,10,12H,4-9,11H2,1H3,(H,19,24)(H2,17,18,20). The summed E-state index contributed by atoms with van der Waals surface area (Å²) in [7, 11) is 1.73. The average molecular weight is 364 g/mol. The number of rotatable bonds is 5. The first-order valence-corrected chi connectivity index (χ1v) is 9.39. The number of anilines is 1. The lowest BCUT2D eigenvalue weighted by Crippen LogP contribution is -2.50. The minimum absolute atomic E-state index is 0.0919. The van der Waals surface area contributed by atoms with Crippen LogP contribution in [0, 0.1) is 0 Å².